The largest absolute Gasteiger partial charge is 0.506 e. The second-order valence-electron chi connectivity index (χ2n) is 4.45. The minimum Gasteiger partial charge on any atom is -0.506 e. The Kier molecular flexibility index (Phi) is 5.03. The van der Waals surface area contributed by atoms with E-state index in [9.17, 15) is 9.90 Å². The Hall–Kier alpha value is -2.95. The summed E-state index contributed by atoms with van der Waals surface area (Å²) in [6.45, 7) is 0. The standard InChI is InChI=1S/C17H17NO4/c1-21-13-8-9-16(22-2)12(11-13)7-10-17(20)18-14-5-3-4-6-15(14)19/h3-11,19H,1-2H3,(H,18,20)/b10-7+. The summed E-state index contributed by atoms with van der Waals surface area (Å²) in [4.78, 5) is 11.9. The maximum Gasteiger partial charge on any atom is 0.248 e. The Morgan fingerprint density at radius 3 is 2.59 bits per heavy atom. The van der Waals surface area contributed by atoms with Crippen molar-refractivity contribution in [1.82, 2.24) is 0 Å². The van der Waals surface area contributed by atoms with Gasteiger partial charge in [0.2, 0.25) is 5.91 Å². The van der Waals surface area contributed by atoms with Gasteiger partial charge in [-0.2, -0.15) is 0 Å². The van der Waals surface area contributed by atoms with Crippen LogP contribution in [0.5, 0.6) is 17.2 Å². The molecule has 0 spiro atoms. The van der Waals surface area contributed by atoms with Gasteiger partial charge < -0.3 is 19.9 Å². The molecule has 0 heterocycles. The molecule has 2 N–H and O–H groups in total. The predicted molar refractivity (Wildman–Crippen MR) is 85.3 cm³/mol. The zero-order valence-corrected chi connectivity index (χ0v) is 12.4. The normalized spacial score (nSPS) is 10.5. The van der Waals surface area contributed by atoms with Crippen molar-refractivity contribution < 1.29 is 19.4 Å². The van der Waals surface area contributed by atoms with Crippen LogP contribution in [0.15, 0.2) is 48.5 Å². The number of nitrogens with one attached hydrogen (secondary N) is 1. The maximum absolute atomic E-state index is 11.9. The first-order valence-corrected chi connectivity index (χ1v) is 6.63. The molecule has 2 aromatic rings. The van der Waals surface area contributed by atoms with Crippen LogP contribution >= 0.6 is 0 Å². The zero-order valence-electron chi connectivity index (χ0n) is 12.4. The highest BCUT2D eigenvalue weighted by atomic mass is 16.5. The first kappa shape index (κ1) is 15.4. The molecule has 0 bridgehead atoms. The van der Waals surface area contributed by atoms with Gasteiger partial charge in [0.05, 0.1) is 19.9 Å². The fourth-order valence-electron chi connectivity index (χ4n) is 1.89. The number of anilines is 1. The fraction of sp³-hybridized carbons (Fsp3) is 0.118. The predicted octanol–water partition coefficient (Wildman–Crippen LogP) is 3.06. The van der Waals surface area contributed by atoms with E-state index in [-0.39, 0.29) is 11.7 Å². The third-order valence-corrected chi connectivity index (χ3v) is 3.01. The van der Waals surface area contributed by atoms with Crippen molar-refractivity contribution in [3.8, 4) is 17.2 Å². The topological polar surface area (TPSA) is 67.8 Å². The summed E-state index contributed by atoms with van der Waals surface area (Å²) < 4.78 is 10.4. The van der Waals surface area contributed by atoms with Gasteiger partial charge in [-0.25, -0.2) is 0 Å². The van der Waals surface area contributed by atoms with E-state index in [2.05, 4.69) is 5.32 Å². The molecule has 2 rings (SSSR count). The lowest BCUT2D eigenvalue weighted by atomic mass is 10.1. The first-order valence-electron chi connectivity index (χ1n) is 6.63. The van der Waals surface area contributed by atoms with Crippen LogP contribution in [-0.2, 0) is 4.79 Å². The van der Waals surface area contributed by atoms with Gasteiger partial charge in [0, 0.05) is 11.6 Å². The molecule has 0 aliphatic carbocycles. The molecule has 0 aromatic heterocycles. The number of methoxy groups -OCH3 is 2. The number of carbonyl (C=O) groups is 1. The molecule has 0 fully saturated rings. The number of benzene rings is 2. The molecular weight excluding hydrogens is 282 g/mol. The molecular formula is C17H17NO4. The third-order valence-electron chi connectivity index (χ3n) is 3.01. The molecule has 0 aliphatic rings. The van der Waals surface area contributed by atoms with E-state index in [4.69, 9.17) is 9.47 Å². The maximum atomic E-state index is 11.9. The van der Waals surface area contributed by atoms with Gasteiger partial charge in [0.1, 0.15) is 17.2 Å². The second-order valence-corrected chi connectivity index (χ2v) is 4.45. The van der Waals surface area contributed by atoms with Gasteiger partial charge in [-0.05, 0) is 36.4 Å². The number of ether oxygens (including phenoxy) is 2. The Labute approximate surface area is 128 Å². The summed E-state index contributed by atoms with van der Waals surface area (Å²) in [5.74, 6) is 0.962. The highest BCUT2D eigenvalue weighted by molar-refractivity contribution is 6.02. The number of amides is 1. The summed E-state index contributed by atoms with van der Waals surface area (Å²) in [6, 6.07) is 11.8. The van der Waals surface area contributed by atoms with Gasteiger partial charge in [-0.15, -0.1) is 0 Å². The van der Waals surface area contributed by atoms with Gasteiger partial charge in [-0.1, -0.05) is 12.1 Å². The van der Waals surface area contributed by atoms with Gasteiger partial charge in [0.25, 0.3) is 0 Å². The van der Waals surface area contributed by atoms with Crippen LogP contribution in [0.3, 0.4) is 0 Å². The van der Waals surface area contributed by atoms with Crippen LogP contribution in [0.4, 0.5) is 5.69 Å². The number of aromatic hydroxyl groups is 1. The third kappa shape index (κ3) is 3.79. The summed E-state index contributed by atoms with van der Waals surface area (Å²) in [5, 5.41) is 12.2. The smallest absolute Gasteiger partial charge is 0.248 e. The lowest BCUT2D eigenvalue weighted by Gasteiger charge is -2.07. The molecule has 0 radical (unpaired) electrons. The molecule has 0 saturated heterocycles. The van der Waals surface area contributed by atoms with E-state index in [1.165, 1.54) is 12.1 Å². The van der Waals surface area contributed by atoms with Crippen LogP contribution in [0.2, 0.25) is 0 Å². The van der Waals surface area contributed by atoms with E-state index < -0.39 is 0 Å². The quantitative estimate of drug-likeness (QED) is 0.657. The molecule has 1 amide bonds. The lowest BCUT2D eigenvalue weighted by molar-refractivity contribution is -0.111. The summed E-state index contributed by atoms with van der Waals surface area (Å²) in [7, 11) is 3.13. The average molecular weight is 299 g/mol. The average Bonchev–Trinajstić information content (AvgIpc) is 2.54. The molecule has 0 aliphatic heterocycles. The van der Waals surface area contributed by atoms with Gasteiger partial charge >= 0.3 is 0 Å². The van der Waals surface area contributed by atoms with Gasteiger partial charge in [0.15, 0.2) is 0 Å². The van der Waals surface area contributed by atoms with Crippen LogP contribution in [0.1, 0.15) is 5.56 Å². The zero-order chi connectivity index (χ0) is 15.9. The summed E-state index contributed by atoms with van der Waals surface area (Å²) >= 11 is 0. The number of phenols is 1. The second kappa shape index (κ2) is 7.17. The van der Waals surface area contributed by atoms with Crippen molar-refractivity contribution in [1.29, 1.82) is 0 Å². The summed E-state index contributed by atoms with van der Waals surface area (Å²) in [5.41, 5.74) is 1.07. The minimum absolute atomic E-state index is 0.0169. The number of hydrogen-bond acceptors (Lipinski definition) is 4. The molecule has 22 heavy (non-hydrogen) atoms. The van der Waals surface area contributed by atoms with Crippen molar-refractivity contribution in [2.45, 2.75) is 0 Å². The highest BCUT2D eigenvalue weighted by Crippen LogP contribution is 2.25. The molecule has 2 aromatic carbocycles. The Morgan fingerprint density at radius 1 is 1.14 bits per heavy atom. The number of rotatable bonds is 5. The number of para-hydroxylation sites is 2. The Bertz CT molecular complexity index is 695. The van der Waals surface area contributed by atoms with E-state index in [0.29, 0.717) is 22.7 Å². The SMILES string of the molecule is COc1ccc(OC)c(/C=C/C(=O)Nc2ccccc2O)c1. The molecule has 5 heteroatoms. The molecule has 0 saturated carbocycles. The molecule has 0 unspecified atom stereocenters. The van der Waals surface area contributed by atoms with E-state index in [0.717, 1.165) is 0 Å². The number of carbonyl (C=O) groups excluding carboxylic acids is 1. The van der Waals surface area contributed by atoms with Gasteiger partial charge in [-0.3, -0.25) is 4.79 Å². The summed E-state index contributed by atoms with van der Waals surface area (Å²) in [6.07, 6.45) is 2.99. The molecule has 5 nitrogen and oxygen atoms in total. The lowest BCUT2D eigenvalue weighted by Crippen LogP contribution is -2.07. The molecule has 114 valence electrons. The highest BCUT2D eigenvalue weighted by Gasteiger charge is 2.05. The molecule has 0 atom stereocenters. The van der Waals surface area contributed by atoms with Crippen LogP contribution < -0.4 is 14.8 Å². The van der Waals surface area contributed by atoms with Crippen molar-refractivity contribution in [3.63, 3.8) is 0 Å². The van der Waals surface area contributed by atoms with E-state index in [1.54, 1.807) is 56.7 Å². The van der Waals surface area contributed by atoms with Crippen LogP contribution in [0, 0.1) is 0 Å². The monoisotopic (exact) mass is 299 g/mol. The van der Waals surface area contributed by atoms with Crippen molar-refractivity contribution in [3.05, 3.63) is 54.1 Å². The first-order chi connectivity index (χ1) is 10.6. The van der Waals surface area contributed by atoms with Crippen LogP contribution in [0.25, 0.3) is 6.08 Å². The van der Waals surface area contributed by atoms with Crippen LogP contribution in [-0.4, -0.2) is 25.2 Å². The van der Waals surface area contributed by atoms with Crippen molar-refractivity contribution in [2.75, 3.05) is 19.5 Å². The minimum atomic E-state index is -0.355. The fourth-order valence-corrected chi connectivity index (χ4v) is 1.89. The number of phenolic OH excluding ortho intramolecular Hbond substituents is 1. The Balaban J connectivity index is 2.14. The van der Waals surface area contributed by atoms with Crippen molar-refractivity contribution in [2.24, 2.45) is 0 Å². The van der Waals surface area contributed by atoms with Crippen molar-refractivity contribution >= 4 is 17.7 Å². The number of hydrogen-bond donors (Lipinski definition) is 2. The van der Waals surface area contributed by atoms with E-state index in [1.807, 2.05) is 0 Å². The van der Waals surface area contributed by atoms with E-state index >= 15 is 0 Å². The Morgan fingerprint density at radius 2 is 1.91 bits per heavy atom.